The normalized spacial score (nSPS) is 19.2. The van der Waals surface area contributed by atoms with Gasteiger partial charge in [0.05, 0.1) is 0 Å². The van der Waals surface area contributed by atoms with Gasteiger partial charge in [-0.3, -0.25) is 4.79 Å². The number of hydrogen-bond acceptors (Lipinski definition) is 3. The Balaban J connectivity index is 1.42. The molecule has 1 aliphatic carbocycles. The van der Waals surface area contributed by atoms with E-state index in [4.69, 9.17) is 4.74 Å². The molecule has 0 spiro atoms. The molecule has 24 heavy (non-hydrogen) atoms. The first-order chi connectivity index (χ1) is 11.7. The number of rotatable bonds is 3. The summed E-state index contributed by atoms with van der Waals surface area (Å²) in [5, 5.41) is 0. The summed E-state index contributed by atoms with van der Waals surface area (Å²) in [5.74, 6) is 0.488. The molecule has 1 heterocycles. The maximum atomic E-state index is 12.5. The second-order valence-electron chi connectivity index (χ2n) is 6.69. The lowest BCUT2D eigenvalue weighted by atomic mass is 9.88. The Morgan fingerprint density at radius 3 is 2.21 bits per heavy atom. The van der Waals surface area contributed by atoms with E-state index in [1.807, 2.05) is 35.2 Å². The molecule has 5 heteroatoms. The van der Waals surface area contributed by atoms with Crippen LogP contribution in [0.1, 0.15) is 37.7 Å². The van der Waals surface area contributed by atoms with E-state index in [2.05, 4.69) is 0 Å². The van der Waals surface area contributed by atoms with Gasteiger partial charge in [-0.2, -0.15) is 0 Å². The van der Waals surface area contributed by atoms with Crippen LogP contribution in [0.4, 0.5) is 4.79 Å². The first-order valence-corrected chi connectivity index (χ1v) is 8.98. The van der Waals surface area contributed by atoms with Crippen molar-refractivity contribution in [2.45, 2.75) is 38.7 Å². The first-order valence-electron chi connectivity index (χ1n) is 8.98. The smallest absolute Gasteiger partial charge is 0.410 e. The van der Waals surface area contributed by atoms with Gasteiger partial charge in [-0.05, 0) is 18.4 Å². The Hall–Kier alpha value is -2.04. The van der Waals surface area contributed by atoms with Crippen molar-refractivity contribution in [3.8, 4) is 0 Å². The van der Waals surface area contributed by atoms with Gasteiger partial charge >= 0.3 is 6.09 Å². The van der Waals surface area contributed by atoms with Gasteiger partial charge < -0.3 is 14.5 Å². The van der Waals surface area contributed by atoms with Crippen molar-refractivity contribution >= 4 is 12.0 Å². The maximum absolute atomic E-state index is 12.5. The van der Waals surface area contributed by atoms with E-state index < -0.39 is 0 Å². The number of benzene rings is 1. The second-order valence-corrected chi connectivity index (χ2v) is 6.69. The topological polar surface area (TPSA) is 49.9 Å². The molecule has 1 saturated heterocycles. The molecule has 0 radical (unpaired) electrons. The summed E-state index contributed by atoms with van der Waals surface area (Å²) in [6.45, 7) is 2.66. The molecule has 0 bridgehead atoms. The minimum absolute atomic E-state index is 0.204. The van der Waals surface area contributed by atoms with Crippen LogP contribution < -0.4 is 0 Å². The van der Waals surface area contributed by atoms with Gasteiger partial charge in [0.1, 0.15) is 6.61 Å². The predicted molar refractivity (Wildman–Crippen MR) is 91.4 cm³/mol. The van der Waals surface area contributed by atoms with Crippen molar-refractivity contribution in [2.24, 2.45) is 5.92 Å². The fourth-order valence-electron chi connectivity index (χ4n) is 3.53. The third kappa shape index (κ3) is 4.28. The largest absolute Gasteiger partial charge is 0.445 e. The number of amides is 2. The zero-order chi connectivity index (χ0) is 16.8. The highest BCUT2D eigenvalue weighted by atomic mass is 16.6. The Kier molecular flexibility index (Phi) is 5.72. The van der Waals surface area contributed by atoms with Crippen molar-refractivity contribution < 1.29 is 14.3 Å². The molecule has 0 unspecified atom stereocenters. The van der Waals surface area contributed by atoms with E-state index in [0.717, 1.165) is 18.4 Å². The molecule has 2 fully saturated rings. The van der Waals surface area contributed by atoms with Gasteiger partial charge in [-0.15, -0.1) is 0 Å². The Morgan fingerprint density at radius 2 is 1.54 bits per heavy atom. The first kappa shape index (κ1) is 16.8. The molecule has 2 aliphatic rings. The molecule has 1 aromatic carbocycles. The molecule has 1 aliphatic heterocycles. The summed E-state index contributed by atoms with van der Waals surface area (Å²) in [6.07, 6.45) is 5.36. The molecular formula is C19H26N2O3. The number of ether oxygens (including phenoxy) is 1. The zero-order valence-electron chi connectivity index (χ0n) is 14.2. The third-order valence-corrected chi connectivity index (χ3v) is 5.01. The van der Waals surface area contributed by atoms with Crippen molar-refractivity contribution in [2.75, 3.05) is 26.2 Å². The Bertz CT molecular complexity index is 547. The van der Waals surface area contributed by atoms with Gasteiger partial charge in [0, 0.05) is 32.1 Å². The average Bonchev–Trinajstić information content (AvgIpc) is 2.67. The highest BCUT2D eigenvalue weighted by Crippen LogP contribution is 2.25. The van der Waals surface area contributed by atoms with Crippen LogP contribution in [0.3, 0.4) is 0 Å². The van der Waals surface area contributed by atoms with Crippen LogP contribution in [0.5, 0.6) is 0 Å². The number of piperazine rings is 1. The number of hydrogen-bond donors (Lipinski definition) is 0. The maximum Gasteiger partial charge on any atom is 0.410 e. The molecule has 2 amide bonds. The SMILES string of the molecule is O=C(OCc1ccccc1)N1CCN(C(=O)C2CCCCC2)CC1. The molecule has 1 saturated carbocycles. The summed E-state index contributed by atoms with van der Waals surface area (Å²) in [7, 11) is 0. The van der Waals surface area contributed by atoms with Gasteiger partial charge in [-0.25, -0.2) is 4.79 Å². The molecule has 0 N–H and O–H groups in total. The monoisotopic (exact) mass is 330 g/mol. The molecule has 5 nitrogen and oxygen atoms in total. The summed E-state index contributed by atoms with van der Waals surface area (Å²) in [6, 6.07) is 9.67. The van der Waals surface area contributed by atoms with E-state index in [0.29, 0.717) is 32.8 Å². The molecular weight excluding hydrogens is 304 g/mol. The van der Waals surface area contributed by atoms with E-state index >= 15 is 0 Å². The van der Waals surface area contributed by atoms with Crippen LogP contribution in [0.25, 0.3) is 0 Å². The highest BCUT2D eigenvalue weighted by Gasteiger charge is 2.30. The molecule has 1 aromatic rings. The van der Waals surface area contributed by atoms with E-state index in [1.165, 1.54) is 19.3 Å². The van der Waals surface area contributed by atoms with Crippen LogP contribution in [0.2, 0.25) is 0 Å². The highest BCUT2D eigenvalue weighted by molar-refractivity contribution is 5.79. The quantitative estimate of drug-likeness (QED) is 0.856. The summed E-state index contributed by atoms with van der Waals surface area (Å²) < 4.78 is 5.36. The molecule has 0 aromatic heterocycles. The second kappa shape index (κ2) is 8.18. The third-order valence-electron chi connectivity index (χ3n) is 5.01. The molecule has 3 rings (SSSR count). The summed E-state index contributed by atoms with van der Waals surface area (Å²) in [5.41, 5.74) is 0.983. The standard InChI is InChI=1S/C19H26N2O3/c22-18(17-9-5-2-6-10-17)20-11-13-21(14-12-20)19(23)24-15-16-7-3-1-4-8-16/h1,3-4,7-8,17H,2,5-6,9-15H2. The predicted octanol–water partition coefficient (Wildman–Crippen LogP) is 3.05. The fourth-order valence-corrected chi connectivity index (χ4v) is 3.53. The fraction of sp³-hybridized carbons (Fsp3) is 0.579. The van der Waals surface area contributed by atoms with Crippen molar-refractivity contribution in [3.05, 3.63) is 35.9 Å². The van der Waals surface area contributed by atoms with Crippen LogP contribution in [-0.2, 0) is 16.1 Å². The molecule has 130 valence electrons. The van der Waals surface area contributed by atoms with Crippen LogP contribution in [0, 0.1) is 5.92 Å². The zero-order valence-corrected chi connectivity index (χ0v) is 14.2. The number of carbonyl (C=O) groups is 2. The lowest BCUT2D eigenvalue weighted by Gasteiger charge is -2.36. The van der Waals surface area contributed by atoms with Gasteiger partial charge in [0.15, 0.2) is 0 Å². The minimum atomic E-state index is -0.288. The van der Waals surface area contributed by atoms with Gasteiger partial charge in [0.2, 0.25) is 5.91 Å². The minimum Gasteiger partial charge on any atom is -0.445 e. The lowest BCUT2D eigenvalue weighted by molar-refractivity contribution is -0.138. The average molecular weight is 330 g/mol. The van der Waals surface area contributed by atoms with E-state index in [1.54, 1.807) is 4.90 Å². The molecule has 0 atom stereocenters. The van der Waals surface area contributed by atoms with E-state index in [9.17, 15) is 9.59 Å². The number of nitrogens with zero attached hydrogens (tertiary/aromatic N) is 2. The lowest BCUT2D eigenvalue weighted by Crippen LogP contribution is -2.52. The van der Waals surface area contributed by atoms with Gasteiger partial charge in [0.25, 0.3) is 0 Å². The van der Waals surface area contributed by atoms with Crippen LogP contribution >= 0.6 is 0 Å². The van der Waals surface area contributed by atoms with Crippen LogP contribution in [0.15, 0.2) is 30.3 Å². The van der Waals surface area contributed by atoms with Crippen molar-refractivity contribution in [1.29, 1.82) is 0 Å². The van der Waals surface area contributed by atoms with Crippen molar-refractivity contribution in [1.82, 2.24) is 9.80 Å². The van der Waals surface area contributed by atoms with Crippen LogP contribution in [-0.4, -0.2) is 48.0 Å². The summed E-state index contributed by atoms with van der Waals surface area (Å²) >= 11 is 0. The van der Waals surface area contributed by atoms with Crippen molar-refractivity contribution in [3.63, 3.8) is 0 Å². The number of carbonyl (C=O) groups excluding carboxylic acids is 2. The van der Waals surface area contributed by atoms with E-state index in [-0.39, 0.29) is 17.9 Å². The Labute approximate surface area is 143 Å². The summed E-state index contributed by atoms with van der Waals surface area (Å²) in [4.78, 5) is 28.3. The Morgan fingerprint density at radius 1 is 0.917 bits per heavy atom. The van der Waals surface area contributed by atoms with Gasteiger partial charge in [-0.1, -0.05) is 49.6 Å².